The van der Waals surface area contributed by atoms with Crippen molar-refractivity contribution in [3.63, 3.8) is 0 Å². The second kappa shape index (κ2) is 3.21. The van der Waals surface area contributed by atoms with Crippen LogP contribution in [0.25, 0.3) is 0 Å². The molecule has 14 heavy (non-hydrogen) atoms. The standard InChI is InChI=1S/C10H19N3O/c1-6(11)10(14)13-4-7-8(5-13)9(7)12(2)3/h6-9H,4-5,11H2,1-3H3/t6-,7?,8?,9?/m0/s1. The van der Waals surface area contributed by atoms with Gasteiger partial charge in [0.2, 0.25) is 5.91 Å². The van der Waals surface area contributed by atoms with Crippen LogP contribution in [0.15, 0.2) is 0 Å². The molecular formula is C10H19N3O. The summed E-state index contributed by atoms with van der Waals surface area (Å²) in [6, 6.07) is 0.359. The second-order valence-electron chi connectivity index (χ2n) is 4.81. The van der Waals surface area contributed by atoms with Gasteiger partial charge in [-0.2, -0.15) is 0 Å². The van der Waals surface area contributed by atoms with E-state index in [9.17, 15) is 4.79 Å². The third-order valence-electron chi connectivity index (χ3n) is 3.45. The summed E-state index contributed by atoms with van der Waals surface area (Å²) in [5.41, 5.74) is 5.57. The van der Waals surface area contributed by atoms with E-state index in [1.807, 2.05) is 4.90 Å². The van der Waals surface area contributed by atoms with Gasteiger partial charge in [0, 0.05) is 19.1 Å². The number of hydrogen-bond donors (Lipinski definition) is 1. The molecule has 1 saturated carbocycles. The fourth-order valence-corrected chi connectivity index (χ4v) is 2.73. The molecule has 4 heteroatoms. The molecule has 2 aliphatic rings. The van der Waals surface area contributed by atoms with Crippen molar-refractivity contribution in [2.75, 3.05) is 27.2 Å². The summed E-state index contributed by atoms with van der Waals surface area (Å²) in [4.78, 5) is 15.8. The van der Waals surface area contributed by atoms with Crippen molar-refractivity contribution in [2.24, 2.45) is 17.6 Å². The first-order valence-corrected chi connectivity index (χ1v) is 5.23. The Labute approximate surface area is 85.0 Å². The number of amides is 1. The Kier molecular flexibility index (Phi) is 2.27. The van der Waals surface area contributed by atoms with Crippen LogP contribution in [0.1, 0.15) is 6.92 Å². The summed E-state index contributed by atoms with van der Waals surface area (Å²) in [5, 5.41) is 0. The summed E-state index contributed by atoms with van der Waals surface area (Å²) < 4.78 is 0. The Balaban J connectivity index is 1.87. The third-order valence-corrected chi connectivity index (χ3v) is 3.45. The first-order chi connectivity index (χ1) is 6.52. The molecule has 2 unspecified atom stereocenters. The number of fused-ring (bicyclic) bond motifs is 1. The molecule has 2 fully saturated rings. The highest BCUT2D eigenvalue weighted by Crippen LogP contribution is 2.47. The molecular weight excluding hydrogens is 178 g/mol. The molecule has 0 aromatic carbocycles. The van der Waals surface area contributed by atoms with Crippen molar-refractivity contribution in [2.45, 2.75) is 19.0 Å². The molecule has 4 nitrogen and oxygen atoms in total. The van der Waals surface area contributed by atoms with E-state index >= 15 is 0 Å². The topological polar surface area (TPSA) is 49.6 Å². The van der Waals surface area contributed by atoms with Crippen molar-refractivity contribution in [3.8, 4) is 0 Å². The monoisotopic (exact) mass is 197 g/mol. The molecule has 0 aromatic rings. The number of carbonyl (C=O) groups is 1. The number of nitrogens with two attached hydrogens (primary N) is 1. The van der Waals surface area contributed by atoms with Crippen molar-refractivity contribution in [1.29, 1.82) is 0 Å². The number of piperidine rings is 1. The van der Waals surface area contributed by atoms with Gasteiger partial charge in [0.25, 0.3) is 0 Å². The second-order valence-corrected chi connectivity index (χ2v) is 4.81. The molecule has 80 valence electrons. The number of hydrogen-bond acceptors (Lipinski definition) is 3. The smallest absolute Gasteiger partial charge is 0.239 e. The van der Waals surface area contributed by atoms with E-state index in [1.54, 1.807) is 6.92 Å². The fraction of sp³-hybridized carbons (Fsp3) is 0.900. The molecule has 0 bridgehead atoms. The molecule has 1 heterocycles. The largest absolute Gasteiger partial charge is 0.341 e. The van der Waals surface area contributed by atoms with Crippen LogP contribution in [-0.4, -0.2) is 55.0 Å². The Morgan fingerprint density at radius 2 is 1.93 bits per heavy atom. The van der Waals surface area contributed by atoms with Crippen molar-refractivity contribution >= 4 is 5.91 Å². The van der Waals surface area contributed by atoms with Crippen LogP contribution in [0, 0.1) is 11.8 Å². The van der Waals surface area contributed by atoms with Crippen molar-refractivity contribution in [1.82, 2.24) is 9.80 Å². The maximum absolute atomic E-state index is 11.6. The average molecular weight is 197 g/mol. The van der Waals surface area contributed by atoms with Gasteiger partial charge >= 0.3 is 0 Å². The minimum absolute atomic E-state index is 0.106. The van der Waals surface area contributed by atoms with Crippen LogP contribution in [0.3, 0.4) is 0 Å². The van der Waals surface area contributed by atoms with Crippen LogP contribution in [-0.2, 0) is 4.79 Å². The number of nitrogens with zero attached hydrogens (tertiary/aromatic N) is 2. The number of likely N-dealkylation sites (tertiary alicyclic amines) is 1. The molecule has 2 N–H and O–H groups in total. The van der Waals surface area contributed by atoms with E-state index in [-0.39, 0.29) is 11.9 Å². The van der Waals surface area contributed by atoms with Crippen LogP contribution >= 0.6 is 0 Å². The van der Waals surface area contributed by atoms with E-state index in [0.29, 0.717) is 17.9 Å². The average Bonchev–Trinajstić information content (AvgIpc) is 2.62. The van der Waals surface area contributed by atoms with E-state index in [4.69, 9.17) is 5.73 Å². The summed E-state index contributed by atoms with van der Waals surface area (Å²) in [7, 11) is 4.22. The van der Waals surface area contributed by atoms with Crippen LogP contribution < -0.4 is 5.73 Å². The van der Waals surface area contributed by atoms with Crippen LogP contribution in [0.5, 0.6) is 0 Å². The van der Waals surface area contributed by atoms with E-state index < -0.39 is 0 Å². The highest BCUT2D eigenvalue weighted by Gasteiger charge is 2.57. The summed E-state index contributed by atoms with van der Waals surface area (Å²) in [6.45, 7) is 3.58. The van der Waals surface area contributed by atoms with Gasteiger partial charge in [-0.3, -0.25) is 4.79 Å². The molecule has 1 aliphatic heterocycles. The summed E-state index contributed by atoms with van der Waals surface area (Å²) in [6.07, 6.45) is 0. The molecule has 1 amide bonds. The molecule has 0 spiro atoms. The number of rotatable bonds is 2. The molecule has 3 atom stereocenters. The third kappa shape index (κ3) is 1.42. The van der Waals surface area contributed by atoms with Gasteiger partial charge in [-0.05, 0) is 32.9 Å². The SMILES string of the molecule is C[C@H](N)C(=O)N1CC2C(C1)C2N(C)C. The van der Waals surface area contributed by atoms with Gasteiger partial charge in [0.05, 0.1) is 6.04 Å². The fourth-order valence-electron chi connectivity index (χ4n) is 2.73. The first-order valence-electron chi connectivity index (χ1n) is 5.23. The lowest BCUT2D eigenvalue weighted by atomic mass is 10.3. The maximum atomic E-state index is 11.6. The predicted octanol–water partition coefficient (Wildman–Crippen LogP) is -0.648. The quantitative estimate of drug-likeness (QED) is 0.640. The van der Waals surface area contributed by atoms with Gasteiger partial charge in [-0.15, -0.1) is 0 Å². The molecule has 2 rings (SSSR count). The van der Waals surface area contributed by atoms with Crippen LogP contribution in [0.4, 0.5) is 0 Å². The maximum Gasteiger partial charge on any atom is 0.239 e. The number of carbonyl (C=O) groups excluding carboxylic acids is 1. The highest BCUT2D eigenvalue weighted by atomic mass is 16.2. The zero-order valence-electron chi connectivity index (χ0n) is 9.10. The minimum atomic E-state index is -0.342. The summed E-state index contributed by atoms with van der Waals surface area (Å²) >= 11 is 0. The predicted molar refractivity (Wildman–Crippen MR) is 54.7 cm³/mol. The minimum Gasteiger partial charge on any atom is -0.341 e. The highest BCUT2D eigenvalue weighted by molar-refractivity contribution is 5.81. The van der Waals surface area contributed by atoms with Gasteiger partial charge in [0.15, 0.2) is 0 Å². The van der Waals surface area contributed by atoms with Gasteiger partial charge in [0.1, 0.15) is 0 Å². The van der Waals surface area contributed by atoms with Gasteiger partial charge < -0.3 is 15.5 Å². The lowest BCUT2D eigenvalue weighted by molar-refractivity contribution is -0.131. The Hall–Kier alpha value is -0.610. The van der Waals surface area contributed by atoms with Gasteiger partial charge in [-0.25, -0.2) is 0 Å². The Morgan fingerprint density at radius 3 is 2.29 bits per heavy atom. The molecule has 1 saturated heterocycles. The zero-order valence-corrected chi connectivity index (χ0v) is 9.10. The summed E-state index contributed by atoms with van der Waals surface area (Å²) in [5.74, 6) is 1.51. The Morgan fingerprint density at radius 1 is 1.43 bits per heavy atom. The van der Waals surface area contributed by atoms with Crippen molar-refractivity contribution < 1.29 is 4.79 Å². The van der Waals surface area contributed by atoms with Crippen LogP contribution in [0.2, 0.25) is 0 Å². The van der Waals surface area contributed by atoms with Crippen molar-refractivity contribution in [3.05, 3.63) is 0 Å². The molecule has 0 aromatic heterocycles. The zero-order chi connectivity index (χ0) is 10.5. The molecule has 1 aliphatic carbocycles. The van der Waals surface area contributed by atoms with E-state index in [1.165, 1.54) is 0 Å². The van der Waals surface area contributed by atoms with Gasteiger partial charge in [-0.1, -0.05) is 0 Å². The normalized spacial score (nSPS) is 37.2. The van der Waals surface area contributed by atoms with E-state index in [2.05, 4.69) is 19.0 Å². The first kappa shape index (κ1) is 9.93. The lowest BCUT2D eigenvalue weighted by Crippen LogP contribution is -2.43. The lowest BCUT2D eigenvalue weighted by Gasteiger charge is -2.23. The Bertz CT molecular complexity index is 240. The van der Waals surface area contributed by atoms with E-state index in [0.717, 1.165) is 13.1 Å². The molecule has 0 radical (unpaired) electrons.